The second-order valence-electron chi connectivity index (χ2n) is 7.96. The summed E-state index contributed by atoms with van der Waals surface area (Å²) in [5.41, 5.74) is 1.28. The predicted molar refractivity (Wildman–Crippen MR) is 109 cm³/mol. The standard InChI is InChI=1S/C23H40O4/c1-4-6-11-18(3)21(24)16-14-19-15-17-22(25)20(19)12-9-7-8-10-13-23(26)27-5-2/h14,18,20,22,25H,4-13,15-17H2,1-3H3/t18?,20-,22+/m1/s1. The van der Waals surface area contributed by atoms with Gasteiger partial charge in [-0.3, -0.25) is 9.59 Å². The molecule has 0 saturated heterocycles. The first-order valence-electron chi connectivity index (χ1n) is 11.0. The highest BCUT2D eigenvalue weighted by Gasteiger charge is 2.29. The summed E-state index contributed by atoms with van der Waals surface area (Å²) >= 11 is 0. The molecule has 0 aromatic rings. The van der Waals surface area contributed by atoms with Gasteiger partial charge in [0, 0.05) is 24.7 Å². The molecule has 4 heteroatoms. The number of allylic oxidation sites excluding steroid dienone is 1. The predicted octanol–water partition coefficient (Wildman–Crippen LogP) is 5.37. The number of ketones is 1. The molecular formula is C23H40O4. The van der Waals surface area contributed by atoms with Crippen molar-refractivity contribution in [2.45, 2.75) is 104 Å². The summed E-state index contributed by atoms with van der Waals surface area (Å²) < 4.78 is 4.94. The van der Waals surface area contributed by atoms with E-state index in [1.165, 1.54) is 5.57 Å². The lowest BCUT2D eigenvalue weighted by Gasteiger charge is -2.17. The minimum absolute atomic E-state index is 0.105. The molecule has 156 valence electrons. The summed E-state index contributed by atoms with van der Waals surface area (Å²) in [6.07, 6.45) is 12.8. The average Bonchev–Trinajstić information content (AvgIpc) is 3.00. The highest BCUT2D eigenvalue weighted by Crippen LogP contribution is 2.35. The zero-order valence-electron chi connectivity index (χ0n) is 17.7. The molecule has 1 aliphatic rings. The van der Waals surface area contributed by atoms with Crippen LogP contribution >= 0.6 is 0 Å². The Hall–Kier alpha value is -1.16. The van der Waals surface area contributed by atoms with Gasteiger partial charge in [-0.2, -0.15) is 0 Å². The molecule has 1 aliphatic carbocycles. The van der Waals surface area contributed by atoms with Gasteiger partial charge in [-0.1, -0.05) is 57.6 Å². The molecule has 1 saturated carbocycles. The number of aliphatic hydroxyl groups is 1. The third kappa shape index (κ3) is 9.55. The van der Waals surface area contributed by atoms with E-state index < -0.39 is 0 Å². The van der Waals surface area contributed by atoms with E-state index in [1.807, 2.05) is 13.8 Å². The molecule has 0 aromatic carbocycles. The molecule has 0 heterocycles. The van der Waals surface area contributed by atoms with Crippen molar-refractivity contribution in [3.05, 3.63) is 11.6 Å². The van der Waals surface area contributed by atoms with Crippen LogP contribution in [0.5, 0.6) is 0 Å². The molecule has 1 fully saturated rings. The van der Waals surface area contributed by atoms with Crippen LogP contribution in [0.3, 0.4) is 0 Å². The molecule has 0 aromatic heterocycles. The van der Waals surface area contributed by atoms with E-state index in [1.54, 1.807) is 0 Å². The number of hydrogen-bond acceptors (Lipinski definition) is 4. The fourth-order valence-corrected chi connectivity index (χ4v) is 3.90. The molecule has 0 aliphatic heterocycles. The van der Waals surface area contributed by atoms with E-state index in [0.29, 0.717) is 25.2 Å². The van der Waals surface area contributed by atoms with Crippen LogP contribution in [0.4, 0.5) is 0 Å². The van der Waals surface area contributed by atoms with E-state index >= 15 is 0 Å². The molecule has 3 atom stereocenters. The van der Waals surface area contributed by atoms with Crippen LogP contribution < -0.4 is 0 Å². The Bertz CT molecular complexity index is 469. The molecule has 0 radical (unpaired) electrons. The van der Waals surface area contributed by atoms with Crippen molar-refractivity contribution in [3.8, 4) is 0 Å². The number of carbonyl (C=O) groups is 2. The van der Waals surface area contributed by atoms with Gasteiger partial charge in [-0.05, 0) is 39.0 Å². The summed E-state index contributed by atoms with van der Waals surface area (Å²) in [4.78, 5) is 23.6. The summed E-state index contributed by atoms with van der Waals surface area (Å²) in [7, 11) is 0. The lowest BCUT2D eigenvalue weighted by atomic mass is 9.91. The van der Waals surface area contributed by atoms with E-state index in [2.05, 4.69) is 13.0 Å². The Morgan fingerprint density at radius 3 is 2.63 bits per heavy atom. The van der Waals surface area contributed by atoms with Crippen LogP contribution in [0.25, 0.3) is 0 Å². The molecule has 0 bridgehead atoms. The molecule has 4 nitrogen and oxygen atoms in total. The zero-order chi connectivity index (χ0) is 20.1. The molecule has 1 unspecified atom stereocenters. The smallest absolute Gasteiger partial charge is 0.305 e. The van der Waals surface area contributed by atoms with Gasteiger partial charge >= 0.3 is 5.97 Å². The fourth-order valence-electron chi connectivity index (χ4n) is 3.90. The highest BCUT2D eigenvalue weighted by atomic mass is 16.5. The van der Waals surface area contributed by atoms with E-state index in [4.69, 9.17) is 4.74 Å². The molecule has 1 N–H and O–H groups in total. The highest BCUT2D eigenvalue weighted by molar-refractivity contribution is 5.82. The number of rotatable bonds is 14. The molecule has 1 rings (SSSR count). The Morgan fingerprint density at radius 2 is 1.93 bits per heavy atom. The van der Waals surface area contributed by atoms with Crippen molar-refractivity contribution in [2.75, 3.05) is 6.61 Å². The second kappa shape index (κ2) is 13.9. The third-order valence-corrected chi connectivity index (χ3v) is 5.73. The Kier molecular flexibility index (Phi) is 12.3. The van der Waals surface area contributed by atoms with E-state index in [9.17, 15) is 14.7 Å². The van der Waals surface area contributed by atoms with E-state index in [0.717, 1.165) is 64.2 Å². The van der Waals surface area contributed by atoms with Gasteiger partial charge in [0.25, 0.3) is 0 Å². The summed E-state index contributed by atoms with van der Waals surface area (Å²) in [5.74, 6) is 0.585. The van der Waals surface area contributed by atoms with Gasteiger partial charge in [0.05, 0.1) is 12.7 Å². The molecule has 0 amide bonds. The molecule has 27 heavy (non-hydrogen) atoms. The Morgan fingerprint density at radius 1 is 1.19 bits per heavy atom. The minimum atomic E-state index is -0.261. The van der Waals surface area contributed by atoms with E-state index in [-0.39, 0.29) is 23.9 Å². The van der Waals surface area contributed by atoms with Crippen molar-refractivity contribution in [3.63, 3.8) is 0 Å². The van der Waals surface area contributed by atoms with Gasteiger partial charge in [0.1, 0.15) is 5.78 Å². The fraction of sp³-hybridized carbons (Fsp3) is 0.826. The molecular weight excluding hydrogens is 340 g/mol. The van der Waals surface area contributed by atoms with Crippen LogP contribution in [-0.4, -0.2) is 29.6 Å². The maximum Gasteiger partial charge on any atom is 0.305 e. The Balaban J connectivity index is 2.31. The summed E-state index contributed by atoms with van der Waals surface area (Å²) in [6.45, 7) is 6.47. The van der Waals surface area contributed by atoms with Crippen LogP contribution in [-0.2, 0) is 14.3 Å². The van der Waals surface area contributed by atoms with Gasteiger partial charge in [-0.15, -0.1) is 0 Å². The number of hydrogen-bond donors (Lipinski definition) is 1. The lowest BCUT2D eigenvalue weighted by molar-refractivity contribution is -0.143. The maximum atomic E-state index is 12.3. The van der Waals surface area contributed by atoms with Crippen LogP contribution in [0.2, 0.25) is 0 Å². The lowest BCUT2D eigenvalue weighted by Crippen LogP contribution is -2.15. The largest absolute Gasteiger partial charge is 0.466 e. The SMILES string of the molecule is CCCCC(C)C(=O)CC=C1CC[C@H](O)[C@@H]1CCCCCCC(=O)OCC. The van der Waals surface area contributed by atoms with Gasteiger partial charge in [-0.25, -0.2) is 0 Å². The van der Waals surface area contributed by atoms with Crippen LogP contribution in [0.15, 0.2) is 11.6 Å². The van der Waals surface area contributed by atoms with Gasteiger partial charge in [0.2, 0.25) is 0 Å². The first-order chi connectivity index (χ1) is 13.0. The first kappa shape index (κ1) is 23.9. The van der Waals surface area contributed by atoms with Gasteiger partial charge < -0.3 is 9.84 Å². The average molecular weight is 381 g/mol. The topological polar surface area (TPSA) is 63.6 Å². The number of ether oxygens (including phenoxy) is 1. The summed E-state index contributed by atoms with van der Waals surface area (Å²) in [5, 5.41) is 10.3. The number of esters is 1. The minimum Gasteiger partial charge on any atom is -0.466 e. The third-order valence-electron chi connectivity index (χ3n) is 5.73. The normalized spacial score (nSPS) is 22.1. The Labute approximate surface area is 165 Å². The van der Waals surface area contributed by atoms with Crippen molar-refractivity contribution >= 4 is 11.8 Å². The summed E-state index contributed by atoms with van der Waals surface area (Å²) in [6, 6.07) is 0. The van der Waals surface area contributed by atoms with Crippen LogP contribution in [0, 0.1) is 11.8 Å². The molecule has 0 spiro atoms. The first-order valence-corrected chi connectivity index (χ1v) is 11.0. The quantitative estimate of drug-likeness (QED) is 0.250. The monoisotopic (exact) mass is 380 g/mol. The van der Waals surface area contributed by atoms with Gasteiger partial charge in [0.15, 0.2) is 0 Å². The van der Waals surface area contributed by atoms with Crippen molar-refractivity contribution < 1.29 is 19.4 Å². The zero-order valence-corrected chi connectivity index (χ0v) is 17.7. The second-order valence-corrected chi connectivity index (χ2v) is 7.96. The van der Waals surface area contributed by atoms with Crippen molar-refractivity contribution in [1.82, 2.24) is 0 Å². The number of Topliss-reactive ketones (excluding diaryl/α,β-unsaturated/α-hetero) is 1. The van der Waals surface area contributed by atoms with Crippen molar-refractivity contribution in [1.29, 1.82) is 0 Å². The van der Waals surface area contributed by atoms with Crippen LogP contribution in [0.1, 0.15) is 97.8 Å². The number of carbonyl (C=O) groups excluding carboxylic acids is 2. The maximum absolute atomic E-state index is 12.3. The van der Waals surface area contributed by atoms with Crippen molar-refractivity contribution in [2.24, 2.45) is 11.8 Å². The number of unbranched alkanes of at least 4 members (excludes halogenated alkanes) is 4. The number of aliphatic hydroxyl groups excluding tert-OH is 1.